The van der Waals surface area contributed by atoms with Gasteiger partial charge in [0.2, 0.25) is 0 Å². The molecule has 0 unspecified atom stereocenters. The topological polar surface area (TPSA) is 35.0 Å². The molecule has 9 aromatic rings. The summed E-state index contributed by atoms with van der Waals surface area (Å²) in [5.41, 5.74) is 4.30. The van der Waals surface area contributed by atoms with Gasteiger partial charge in [0.25, 0.3) is 0 Å². The van der Waals surface area contributed by atoms with Gasteiger partial charge in [-0.2, -0.15) is 0 Å². The van der Waals surface area contributed by atoms with Crippen LogP contribution in [0.5, 0.6) is 11.5 Å². The van der Waals surface area contributed by atoms with Crippen LogP contribution in [0.25, 0.3) is 21.8 Å². The Hall–Kier alpha value is -5.46. The molecular weight excluding hydrogens is 818 g/mol. The number of benzene rings is 7. The number of fused-ring (bicyclic) bond motifs is 3. The number of hydrogen-bond acceptors (Lipinski definition) is 3. The van der Waals surface area contributed by atoms with Crippen molar-refractivity contribution in [1.29, 1.82) is 0 Å². The molecule has 0 saturated carbocycles. The zero-order valence-corrected chi connectivity index (χ0v) is 37.3. The van der Waals surface area contributed by atoms with E-state index in [4.69, 9.17) is 14.7 Å². The summed E-state index contributed by atoms with van der Waals surface area (Å²) in [6.07, 6.45) is 0. The quantitative estimate of drug-likeness (QED) is 0.0780. The number of aromatic nitrogens is 2. The van der Waals surface area contributed by atoms with E-state index in [1.54, 1.807) is 0 Å². The van der Waals surface area contributed by atoms with E-state index < -0.39 is 15.8 Å². The molecular formula is C54H50CuN2OP2+2. The van der Waals surface area contributed by atoms with Crippen LogP contribution in [0.4, 0.5) is 0 Å². The van der Waals surface area contributed by atoms with Crippen molar-refractivity contribution in [1.82, 2.24) is 9.97 Å². The molecule has 0 aliphatic carbocycles. The van der Waals surface area contributed by atoms with Gasteiger partial charge in [0, 0.05) is 39.2 Å². The Bertz CT molecular complexity index is 2500. The standard InChI is InChI=1S/C36H28OP2.C18H20N2.Cu/c1-5-17-29(18-6-1)38(30-19-7-2-8-20-30)35-27-15-13-25-33(35)37-34-26-14-16-28-36(34)39(31-21-9-3-10-22-31)32-23-11-4-12-24-32;1-11(2)15-9-7-13-5-6-14-8-10-16(12(3)4)20-18(14)17(13)19-15;/h1-28H;5-12H,1-4H3;/p+2. The van der Waals surface area contributed by atoms with Crippen LogP contribution in [0.1, 0.15) is 50.9 Å². The van der Waals surface area contributed by atoms with Crippen molar-refractivity contribution in [3.63, 3.8) is 0 Å². The number of nitrogens with zero attached hydrogens (tertiary/aromatic N) is 2. The first-order valence-electron chi connectivity index (χ1n) is 20.5. The third kappa shape index (κ3) is 9.77. The van der Waals surface area contributed by atoms with Gasteiger partial charge in [-0.05, 0) is 96.8 Å². The summed E-state index contributed by atoms with van der Waals surface area (Å²) >= 11 is 0. The molecule has 3 nitrogen and oxygen atoms in total. The molecule has 6 heteroatoms. The summed E-state index contributed by atoms with van der Waals surface area (Å²) in [7, 11) is -2.56. The second-order valence-corrected chi connectivity index (χ2v) is 20.2. The minimum absolute atomic E-state index is 0. The van der Waals surface area contributed by atoms with Gasteiger partial charge in [0.15, 0.2) is 11.5 Å². The van der Waals surface area contributed by atoms with Crippen LogP contribution >= 0.6 is 15.8 Å². The molecule has 7 aromatic carbocycles. The van der Waals surface area contributed by atoms with E-state index in [0.29, 0.717) is 11.8 Å². The van der Waals surface area contributed by atoms with Crippen LogP contribution in [0.15, 0.2) is 206 Å². The minimum atomic E-state index is -1.28. The Kier molecular flexibility index (Phi) is 14.4. The number of pyridine rings is 2. The van der Waals surface area contributed by atoms with E-state index >= 15 is 0 Å². The minimum Gasteiger partial charge on any atom is -0.449 e. The monoisotopic (exact) mass is 867 g/mol. The molecule has 0 spiro atoms. The SMILES string of the molecule is CC(C)c1ccc2ccc3ccc(C(C)C)nc3c2n1.[Cu].c1ccc([PH+](c2ccccc2)c2ccccc2Oc2ccccc2[PH+](c2ccccc2)c2ccccc2)cc1. The van der Waals surface area contributed by atoms with E-state index in [1.165, 1.54) is 31.8 Å². The van der Waals surface area contributed by atoms with Gasteiger partial charge in [0.05, 0.1) is 11.0 Å². The maximum atomic E-state index is 6.94. The fourth-order valence-corrected chi connectivity index (χ4v) is 12.8. The molecule has 60 heavy (non-hydrogen) atoms. The Morgan fingerprint density at radius 3 is 0.950 bits per heavy atom. The van der Waals surface area contributed by atoms with E-state index in [1.807, 2.05) is 0 Å². The van der Waals surface area contributed by atoms with Crippen molar-refractivity contribution in [2.24, 2.45) is 0 Å². The number of rotatable bonds is 10. The Labute approximate surface area is 367 Å². The van der Waals surface area contributed by atoms with Crippen molar-refractivity contribution in [3.05, 3.63) is 218 Å². The molecule has 0 N–H and O–H groups in total. The summed E-state index contributed by atoms with van der Waals surface area (Å²) in [5.74, 6) is 2.72. The Morgan fingerprint density at radius 2 is 0.633 bits per heavy atom. The molecule has 9 rings (SSSR count). The van der Waals surface area contributed by atoms with E-state index in [9.17, 15) is 0 Å². The molecule has 0 saturated heterocycles. The fraction of sp³-hybridized carbons (Fsp3) is 0.111. The first-order chi connectivity index (χ1) is 28.9. The van der Waals surface area contributed by atoms with Crippen molar-refractivity contribution in [3.8, 4) is 11.5 Å². The molecule has 0 bridgehead atoms. The van der Waals surface area contributed by atoms with Crippen LogP contribution in [-0.2, 0) is 17.1 Å². The van der Waals surface area contributed by atoms with Crippen LogP contribution in [-0.4, -0.2) is 9.97 Å². The predicted octanol–water partition coefficient (Wildman–Crippen LogP) is 11.5. The van der Waals surface area contributed by atoms with Crippen molar-refractivity contribution >= 4 is 69.5 Å². The van der Waals surface area contributed by atoms with E-state index in [-0.39, 0.29) is 17.1 Å². The van der Waals surface area contributed by atoms with Crippen molar-refractivity contribution in [2.75, 3.05) is 0 Å². The molecule has 2 aromatic heterocycles. The number of ether oxygens (including phenoxy) is 1. The summed E-state index contributed by atoms with van der Waals surface area (Å²) < 4.78 is 6.94. The molecule has 0 amide bonds. The van der Waals surface area contributed by atoms with Gasteiger partial charge >= 0.3 is 0 Å². The molecule has 2 heterocycles. The second-order valence-electron chi connectivity index (χ2n) is 15.3. The van der Waals surface area contributed by atoms with Crippen molar-refractivity contribution in [2.45, 2.75) is 39.5 Å². The first-order valence-corrected chi connectivity index (χ1v) is 23.5. The van der Waals surface area contributed by atoms with Crippen LogP contribution < -0.4 is 36.6 Å². The van der Waals surface area contributed by atoms with Crippen LogP contribution in [0.2, 0.25) is 0 Å². The maximum absolute atomic E-state index is 6.94. The van der Waals surface area contributed by atoms with Gasteiger partial charge in [-0.3, -0.25) is 9.97 Å². The predicted molar refractivity (Wildman–Crippen MR) is 258 cm³/mol. The third-order valence-corrected chi connectivity index (χ3v) is 16.1. The average molecular weight is 869 g/mol. The van der Waals surface area contributed by atoms with Gasteiger partial charge in [-0.25, -0.2) is 0 Å². The summed E-state index contributed by atoms with van der Waals surface area (Å²) in [5, 5.41) is 10.2. The molecule has 0 fully saturated rings. The van der Waals surface area contributed by atoms with E-state index in [2.05, 4.69) is 234 Å². The Balaban J connectivity index is 0.000000218. The molecule has 301 valence electrons. The van der Waals surface area contributed by atoms with Gasteiger partial charge in [0.1, 0.15) is 47.7 Å². The number of hydrogen-bond donors (Lipinski definition) is 0. The summed E-state index contributed by atoms with van der Waals surface area (Å²) in [6, 6.07) is 73.4. The summed E-state index contributed by atoms with van der Waals surface area (Å²) in [4.78, 5) is 9.68. The van der Waals surface area contributed by atoms with Gasteiger partial charge in [-0.1, -0.05) is 149 Å². The zero-order valence-electron chi connectivity index (χ0n) is 34.4. The smallest absolute Gasteiger partial charge is 0.170 e. The largest absolute Gasteiger partial charge is 0.449 e. The normalized spacial score (nSPS) is 11.1. The first kappa shape index (κ1) is 42.7. The number of para-hydroxylation sites is 2. The summed E-state index contributed by atoms with van der Waals surface area (Å²) in [6.45, 7) is 8.69. The third-order valence-electron chi connectivity index (χ3n) is 10.5. The fourth-order valence-electron chi connectivity index (χ4n) is 7.46. The van der Waals surface area contributed by atoms with E-state index in [0.717, 1.165) is 44.7 Å². The van der Waals surface area contributed by atoms with Gasteiger partial charge in [-0.15, -0.1) is 0 Å². The second kappa shape index (κ2) is 20.2. The van der Waals surface area contributed by atoms with Crippen LogP contribution in [0.3, 0.4) is 0 Å². The molecule has 1 radical (unpaired) electrons. The maximum Gasteiger partial charge on any atom is 0.170 e. The molecule has 0 aliphatic heterocycles. The average Bonchev–Trinajstić information content (AvgIpc) is 3.29. The Morgan fingerprint density at radius 1 is 0.350 bits per heavy atom. The molecule has 0 atom stereocenters. The van der Waals surface area contributed by atoms with Crippen molar-refractivity contribution < 1.29 is 21.8 Å². The van der Waals surface area contributed by atoms with Crippen LogP contribution in [0, 0.1) is 0 Å². The zero-order chi connectivity index (χ0) is 40.6. The molecule has 0 aliphatic rings. The van der Waals surface area contributed by atoms with Gasteiger partial charge < -0.3 is 4.74 Å².